The first-order chi connectivity index (χ1) is 13.2. The molecule has 0 atom stereocenters. The third-order valence-electron chi connectivity index (χ3n) is 4.00. The summed E-state index contributed by atoms with van der Waals surface area (Å²) < 4.78 is 18.9. The Kier molecular flexibility index (Phi) is 5.99. The molecule has 0 aliphatic heterocycles. The van der Waals surface area contributed by atoms with Crippen LogP contribution in [0.25, 0.3) is 0 Å². The van der Waals surface area contributed by atoms with Crippen molar-refractivity contribution in [2.24, 2.45) is 0 Å². The Labute approximate surface area is 157 Å². The van der Waals surface area contributed by atoms with Gasteiger partial charge in [0.25, 0.3) is 5.91 Å². The summed E-state index contributed by atoms with van der Waals surface area (Å²) in [6.07, 6.45) is 2.33. The van der Waals surface area contributed by atoms with Crippen molar-refractivity contribution in [1.29, 1.82) is 0 Å². The average molecular weight is 365 g/mol. The Morgan fingerprint density at radius 1 is 1.11 bits per heavy atom. The molecule has 3 aromatic rings. The van der Waals surface area contributed by atoms with Crippen molar-refractivity contribution in [3.05, 3.63) is 83.8 Å². The van der Waals surface area contributed by atoms with Crippen LogP contribution in [0.3, 0.4) is 0 Å². The Hall–Kier alpha value is -3.41. The molecule has 0 spiro atoms. The molecule has 1 heterocycles. The molecule has 0 radical (unpaired) electrons. The molecule has 27 heavy (non-hydrogen) atoms. The number of anilines is 2. The molecule has 0 saturated carbocycles. The minimum atomic E-state index is -0.475. The molecule has 0 aliphatic rings. The van der Waals surface area contributed by atoms with E-state index in [1.54, 1.807) is 37.6 Å². The fourth-order valence-electron chi connectivity index (χ4n) is 2.59. The van der Waals surface area contributed by atoms with Gasteiger partial charge in [0.2, 0.25) is 0 Å². The van der Waals surface area contributed by atoms with Crippen LogP contribution in [0.5, 0.6) is 5.75 Å². The van der Waals surface area contributed by atoms with Gasteiger partial charge >= 0.3 is 0 Å². The number of amides is 1. The van der Waals surface area contributed by atoms with E-state index in [0.717, 1.165) is 17.7 Å². The summed E-state index contributed by atoms with van der Waals surface area (Å²) in [5.74, 6) is 0.534. The molecule has 0 bridgehead atoms. The number of nitrogens with zero attached hydrogens (tertiary/aromatic N) is 1. The smallest absolute Gasteiger partial charge is 0.255 e. The van der Waals surface area contributed by atoms with Gasteiger partial charge in [0.05, 0.1) is 12.8 Å². The standard InChI is InChI=1S/C21H20FN3O2/c1-27-17-6-4-5-15(13-17)9-11-23-20-14-16(10-12-24-20)21(26)25-19-8-3-2-7-18(19)22/h2-8,10,12-14H,9,11H2,1H3,(H,23,24)(H,25,26). The van der Waals surface area contributed by atoms with Crippen LogP contribution in [0, 0.1) is 5.82 Å². The molecule has 0 unspecified atom stereocenters. The van der Waals surface area contributed by atoms with E-state index in [1.165, 1.54) is 12.1 Å². The van der Waals surface area contributed by atoms with E-state index in [4.69, 9.17) is 4.74 Å². The molecule has 1 aromatic heterocycles. The molecule has 6 heteroatoms. The summed E-state index contributed by atoms with van der Waals surface area (Å²) in [5.41, 5.74) is 1.68. The van der Waals surface area contributed by atoms with Crippen LogP contribution in [0.2, 0.25) is 0 Å². The highest BCUT2D eigenvalue weighted by molar-refractivity contribution is 6.04. The molecule has 5 nitrogen and oxygen atoms in total. The lowest BCUT2D eigenvalue weighted by atomic mass is 10.1. The van der Waals surface area contributed by atoms with E-state index in [0.29, 0.717) is 17.9 Å². The number of benzene rings is 2. The Morgan fingerprint density at radius 3 is 2.78 bits per heavy atom. The zero-order chi connectivity index (χ0) is 19.1. The van der Waals surface area contributed by atoms with Crippen LogP contribution >= 0.6 is 0 Å². The molecular weight excluding hydrogens is 345 g/mol. The summed E-state index contributed by atoms with van der Waals surface area (Å²) in [4.78, 5) is 16.6. The SMILES string of the molecule is COc1cccc(CCNc2cc(C(=O)Nc3ccccc3F)ccn2)c1. The number of rotatable bonds is 7. The van der Waals surface area contributed by atoms with E-state index < -0.39 is 11.7 Å². The van der Waals surface area contributed by atoms with Gasteiger partial charge in [-0.25, -0.2) is 9.37 Å². The number of aromatic nitrogens is 1. The molecule has 0 fully saturated rings. The van der Waals surface area contributed by atoms with Crippen LogP contribution in [0.4, 0.5) is 15.9 Å². The summed E-state index contributed by atoms with van der Waals surface area (Å²) in [6, 6.07) is 17.1. The lowest BCUT2D eigenvalue weighted by Crippen LogP contribution is -2.14. The third kappa shape index (κ3) is 5.04. The van der Waals surface area contributed by atoms with Gasteiger partial charge in [0.1, 0.15) is 17.4 Å². The first-order valence-electron chi connectivity index (χ1n) is 8.54. The van der Waals surface area contributed by atoms with Crippen molar-refractivity contribution in [1.82, 2.24) is 4.98 Å². The second-order valence-corrected chi connectivity index (χ2v) is 5.89. The monoisotopic (exact) mass is 365 g/mol. The van der Waals surface area contributed by atoms with Gasteiger partial charge in [-0.1, -0.05) is 24.3 Å². The minimum Gasteiger partial charge on any atom is -0.497 e. The molecule has 0 aliphatic carbocycles. The van der Waals surface area contributed by atoms with Crippen molar-refractivity contribution in [2.45, 2.75) is 6.42 Å². The van der Waals surface area contributed by atoms with E-state index in [-0.39, 0.29) is 5.69 Å². The van der Waals surface area contributed by atoms with Crippen molar-refractivity contribution in [3.8, 4) is 5.75 Å². The highest BCUT2D eigenvalue weighted by Crippen LogP contribution is 2.16. The highest BCUT2D eigenvalue weighted by atomic mass is 19.1. The van der Waals surface area contributed by atoms with Crippen LogP contribution in [0.15, 0.2) is 66.9 Å². The number of methoxy groups -OCH3 is 1. The van der Waals surface area contributed by atoms with Crippen LogP contribution in [-0.4, -0.2) is 24.5 Å². The quantitative estimate of drug-likeness (QED) is 0.661. The van der Waals surface area contributed by atoms with E-state index in [2.05, 4.69) is 15.6 Å². The molecule has 138 valence electrons. The maximum atomic E-state index is 13.7. The molecular formula is C21H20FN3O2. The highest BCUT2D eigenvalue weighted by Gasteiger charge is 2.10. The van der Waals surface area contributed by atoms with Gasteiger partial charge in [-0.05, 0) is 48.4 Å². The Balaban J connectivity index is 1.59. The summed E-state index contributed by atoms with van der Waals surface area (Å²) >= 11 is 0. The van der Waals surface area contributed by atoms with Gasteiger partial charge in [0.15, 0.2) is 0 Å². The first kappa shape index (κ1) is 18.4. The molecule has 3 rings (SSSR count). The number of halogens is 1. The lowest BCUT2D eigenvalue weighted by molar-refractivity contribution is 0.102. The predicted molar refractivity (Wildman–Crippen MR) is 104 cm³/mol. The van der Waals surface area contributed by atoms with E-state index >= 15 is 0 Å². The molecule has 1 amide bonds. The Morgan fingerprint density at radius 2 is 1.96 bits per heavy atom. The summed E-state index contributed by atoms with van der Waals surface area (Å²) in [6.45, 7) is 0.651. The minimum absolute atomic E-state index is 0.145. The zero-order valence-electron chi connectivity index (χ0n) is 14.9. The van der Waals surface area contributed by atoms with Crippen LogP contribution in [-0.2, 0) is 6.42 Å². The van der Waals surface area contributed by atoms with Crippen LogP contribution in [0.1, 0.15) is 15.9 Å². The summed E-state index contributed by atoms with van der Waals surface area (Å²) in [7, 11) is 1.64. The number of pyridine rings is 1. The van der Waals surface area contributed by atoms with Gasteiger partial charge < -0.3 is 15.4 Å². The number of hydrogen-bond donors (Lipinski definition) is 2. The van der Waals surface area contributed by atoms with Crippen molar-refractivity contribution in [2.75, 3.05) is 24.3 Å². The van der Waals surface area contributed by atoms with Gasteiger partial charge in [-0.3, -0.25) is 4.79 Å². The van der Waals surface area contributed by atoms with E-state index in [9.17, 15) is 9.18 Å². The second-order valence-electron chi connectivity index (χ2n) is 5.89. The largest absolute Gasteiger partial charge is 0.497 e. The molecule has 2 aromatic carbocycles. The first-order valence-corrected chi connectivity index (χ1v) is 8.54. The van der Waals surface area contributed by atoms with Gasteiger partial charge in [-0.2, -0.15) is 0 Å². The Bertz CT molecular complexity index is 931. The molecule has 2 N–H and O–H groups in total. The second kappa shape index (κ2) is 8.80. The predicted octanol–water partition coefficient (Wildman–Crippen LogP) is 4.14. The van der Waals surface area contributed by atoms with E-state index in [1.807, 2.05) is 24.3 Å². The van der Waals surface area contributed by atoms with Crippen molar-refractivity contribution in [3.63, 3.8) is 0 Å². The molecule has 0 saturated heterocycles. The van der Waals surface area contributed by atoms with Crippen molar-refractivity contribution >= 4 is 17.4 Å². The topological polar surface area (TPSA) is 63.2 Å². The van der Waals surface area contributed by atoms with Gasteiger partial charge in [-0.15, -0.1) is 0 Å². The average Bonchev–Trinajstić information content (AvgIpc) is 2.70. The van der Waals surface area contributed by atoms with Gasteiger partial charge in [0, 0.05) is 18.3 Å². The fourth-order valence-corrected chi connectivity index (χ4v) is 2.59. The van der Waals surface area contributed by atoms with Crippen LogP contribution < -0.4 is 15.4 Å². The lowest BCUT2D eigenvalue weighted by Gasteiger charge is -2.09. The normalized spacial score (nSPS) is 10.3. The fraction of sp³-hybridized carbons (Fsp3) is 0.143. The number of nitrogens with one attached hydrogen (secondary N) is 2. The number of carbonyl (C=O) groups is 1. The van der Waals surface area contributed by atoms with Crippen molar-refractivity contribution < 1.29 is 13.9 Å². The summed E-state index contributed by atoms with van der Waals surface area (Å²) in [5, 5.41) is 5.76. The maximum Gasteiger partial charge on any atom is 0.255 e. The maximum absolute atomic E-state index is 13.7. The zero-order valence-corrected chi connectivity index (χ0v) is 14.9. The third-order valence-corrected chi connectivity index (χ3v) is 4.00. The number of carbonyl (C=O) groups excluding carboxylic acids is 1. The number of ether oxygens (including phenoxy) is 1. The number of para-hydroxylation sites is 1. The number of hydrogen-bond acceptors (Lipinski definition) is 4.